The molecule has 1 aromatic carbocycles. The summed E-state index contributed by atoms with van der Waals surface area (Å²) in [5.41, 5.74) is 1.03. The Morgan fingerprint density at radius 2 is 1.86 bits per heavy atom. The molecule has 0 radical (unpaired) electrons. The van der Waals surface area contributed by atoms with Gasteiger partial charge in [0.1, 0.15) is 18.0 Å². The van der Waals surface area contributed by atoms with E-state index in [1.165, 1.54) is 10.7 Å². The van der Waals surface area contributed by atoms with Crippen molar-refractivity contribution in [3.8, 4) is 5.75 Å². The maximum absolute atomic E-state index is 12.8. The highest BCUT2D eigenvalue weighted by atomic mass is 16.5. The van der Waals surface area contributed by atoms with E-state index in [1.807, 2.05) is 24.3 Å². The molecule has 1 atom stereocenters. The van der Waals surface area contributed by atoms with Crippen molar-refractivity contribution in [1.82, 2.24) is 9.78 Å². The summed E-state index contributed by atoms with van der Waals surface area (Å²) in [5, 5.41) is 4.08. The predicted molar refractivity (Wildman–Crippen MR) is 98.3 cm³/mol. The molecular weight excluding hydrogens is 364 g/mol. The van der Waals surface area contributed by atoms with E-state index in [4.69, 9.17) is 14.2 Å². The minimum absolute atomic E-state index is 0.0227. The zero-order chi connectivity index (χ0) is 20.1. The first-order valence-corrected chi connectivity index (χ1v) is 9.22. The number of carbonyl (C=O) groups is 3. The second-order valence-electron chi connectivity index (χ2n) is 6.23. The number of aromatic nitrogens is 2. The van der Waals surface area contributed by atoms with E-state index in [0.29, 0.717) is 12.2 Å². The van der Waals surface area contributed by atoms with Crippen molar-refractivity contribution in [3.63, 3.8) is 0 Å². The fourth-order valence-electron chi connectivity index (χ4n) is 3.01. The van der Waals surface area contributed by atoms with Gasteiger partial charge in [0, 0.05) is 6.07 Å². The molecule has 0 N–H and O–H groups in total. The van der Waals surface area contributed by atoms with E-state index in [2.05, 4.69) is 5.10 Å². The summed E-state index contributed by atoms with van der Waals surface area (Å²) in [6.45, 7) is 3.47. The molecule has 1 aromatic heterocycles. The SMILES string of the molecule is CCOC(=O)c1cc(C(=O)OCC)n(CC(=O)[C@H]2CCc3ccccc3O2)n1. The molecular formula is C20H22N2O6. The quantitative estimate of drug-likeness (QED) is 0.673. The number of ketones is 1. The van der Waals surface area contributed by atoms with Gasteiger partial charge in [0.15, 0.2) is 17.6 Å². The Balaban J connectivity index is 1.79. The third-order valence-electron chi connectivity index (χ3n) is 4.33. The Labute approximate surface area is 162 Å². The standard InChI is InChI=1S/C20H22N2O6/c1-3-26-19(24)14-11-15(20(25)27-4-2)22(21-14)12-16(23)18-10-9-13-7-5-6-8-17(13)28-18/h5-8,11,18H,3-4,9-10,12H2,1-2H3/t18-/m1/s1. The Hall–Kier alpha value is -3.16. The van der Waals surface area contributed by atoms with Crippen molar-refractivity contribution in [1.29, 1.82) is 0 Å². The normalized spacial score (nSPS) is 15.3. The molecule has 1 aliphatic heterocycles. The number of aryl methyl sites for hydroxylation is 1. The van der Waals surface area contributed by atoms with E-state index >= 15 is 0 Å². The molecule has 2 aromatic rings. The smallest absolute Gasteiger partial charge is 0.358 e. The Bertz CT molecular complexity index is 889. The van der Waals surface area contributed by atoms with E-state index in [-0.39, 0.29) is 36.9 Å². The molecule has 0 unspecified atom stereocenters. The molecule has 148 valence electrons. The lowest BCUT2D eigenvalue weighted by Gasteiger charge is -2.25. The third kappa shape index (κ3) is 4.21. The van der Waals surface area contributed by atoms with Gasteiger partial charge in [-0.15, -0.1) is 0 Å². The second kappa shape index (κ2) is 8.69. The van der Waals surface area contributed by atoms with Gasteiger partial charge in [0.2, 0.25) is 0 Å². The minimum Gasteiger partial charge on any atom is -0.482 e. The van der Waals surface area contributed by atoms with Gasteiger partial charge in [-0.1, -0.05) is 18.2 Å². The van der Waals surface area contributed by atoms with Crippen LogP contribution in [0, 0.1) is 0 Å². The Morgan fingerprint density at radius 3 is 2.61 bits per heavy atom. The van der Waals surface area contributed by atoms with Crippen LogP contribution in [0.4, 0.5) is 0 Å². The zero-order valence-corrected chi connectivity index (χ0v) is 15.8. The van der Waals surface area contributed by atoms with Crippen molar-refractivity contribution in [2.45, 2.75) is 39.3 Å². The summed E-state index contributed by atoms with van der Waals surface area (Å²) in [7, 11) is 0. The number of Topliss-reactive ketones (excluding diaryl/α,β-unsaturated/α-hetero) is 1. The van der Waals surface area contributed by atoms with E-state index in [0.717, 1.165) is 12.0 Å². The Kier molecular flexibility index (Phi) is 6.08. The third-order valence-corrected chi connectivity index (χ3v) is 4.33. The summed E-state index contributed by atoms with van der Waals surface area (Å²) < 4.78 is 16.9. The van der Waals surface area contributed by atoms with E-state index in [9.17, 15) is 14.4 Å². The summed E-state index contributed by atoms with van der Waals surface area (Å²) in [6, 6.07) is 8.85. The lowest BCUT2D eigenvalue weighted by atomic mass is 10.00. The van der Waals surface area contributed by atoms with Crippen molar-refractivity contribution < 1.29 is 28.6 Å². The fraction of sp³-hybridized carbons (Fsp3) is 0.400. The van der Waals surface area contributed by atoms with Crippen LogP contribution in [-0.4, -0.2) is 46.8 Å². The summed E-state index contributed by atoms with van der Waals surface area (Å²) >= 11 is 0. The average Bonchev–Trinajstić information content (AvgIpc) is 3.12. The maximum Gasteiger partial charge on any atom is 0.358 e. The number of esters is 2. The number of fused-ring (bicyclic) bond motifs is 1. The van der Waals surface area contributed by atoms with Crippen LogP contribution in [0.3, 0.4) is 0 Å². The van der Waals surface area contributed by atoms with Gasteiger partial charge in [0.25, 0.3) is 0 Å². The fourth-order valence-corrected chi connectivity index (χ4v) is 3.01. The number of hydrogen-bond acceptors (Lipinski definition) is 7. The van der Waals surface area contributed by atoms with Crippen LogP contribution in [-0.2, 0) is 27.2 Å². The summed E-state index contributed by atoms with van der Waals surface area (Å²) in [6.07, 6.45) is 0.626. The topological polar surface area (TPSA) is 96.7 Å². The summed E-state index contributed by atoms with van der Waals surface area (Å²) in [4.78, 5) is 36.9. The van der Waals surface area contributed by atoms with E-state index < -0.39 is 18.0 Å². The van der Waals surface area contributed by atoms with Gasteiger partial charge in [0.05, 0.1) is 13.2 Å². The highest BCUT2D eigenvalue weighted by molar-refractivity contribution is 5.94. The van der Waals surface area contributed by atoms with E-state index in [1.54, 1.807) is 13.8 Å². The van der Waals surface area contributed by atoms with Crippen molar-refractivity contribution >= 4 is 17.7 Å². The molecule has 0 saturated heterocycles. The molecule has 3 rings (SSSR count). The number of hydrogen-bond donors (Lipinski definition) is 0. The molecule has 0 spiro atoms. The summed E-state index contributed by atoms with van der Waals surface area (Å²) in [5.74, 6) is -0.876. The molecule has 0 bridgehead atoms. The molecule has 1 aliphatic rings. The number of para-hydroxylation sites is 1. The zero-order valence-electron chi connectivity index (χ0n) is 15.8. The first-order chi connectivity index (χ1) is 13.5. The maximum atomic E-state index is 12.8. The highest BCUT2D eigenvalue weighted by Gasteiger charge is 2.28. The number of benzene rings is 1. The number of rotatable bonds is 7. The number of carbonyl (C=O) groups excluding carboxylic acids is 3. The van der Waals surface area contributed by atoms with Crippen LogP contribution in [0.1, 0.15) is 46.8 Å². The van der Waals surface area contributed by atoms with Crippen molar-refractivity contribution in [2.24, 2.45) is 0 Å². The number of ether oxygens (including phenoxy) is 3. The Morgan fingerprint density at radius 1 is 1.14 bits per heavy atom. The van der Waals surface area contributed by atoms with Crippen LogP contribution in [0.2, 0.25) is 0 Å². The van der Waals surface area contributed by atoms with Crippen LogP contribution < -0.4 is 4.74 Å². The molecule has 0 fully saturated rings. The van der Waals surface area contributed by atoms with Gasteiger partial charge < -0.3 is 14.2 Å². The van der Waals surface area contributed by atoms with Crippen LogP contribution in [0.25, 0.3) is 0 Å². The second-order valence-corrected chi connectivity index (χ2v) is 6.23. The lowest BCUT2D eigenvalue weighted by molar-refractivity contribution is -0.127. The lowest BCUT2D eigenvalue weighted by Crippen LogP contribution is -2.34. The van der Waals surface area contributed by atoms with Crippen LogP contribution in [0.5, 0.6) is 5.75 Å². The molecule has 0 saturated carbocycles. The molecule has 0 aliphatic carbocycles. The van der Waals surface area contributed by atoms with Gasteiger partial charge in [-0.05, 0) is 38.3 Å². The van der Waals surface area contributed by atoms with Crippen LogP contribution >= 0.6 is 0 Å². The first kappa shape index (κ1) is 19.6. The van der Waals surface area contributed by atoms with Gasteiger partial charge in [-0.2, -0.15) is 5.10 Å². The van der Waals surface area contributed by atoms with Crippen molar-refractivity contribution in [2.75, 3.05) is 13.2 Å². The van der Waals surface area contributed by atoms with Gasteiger partial charge >= 0.3 is 11.9 Å². The highest BCUT2D eigenvalue weighted by Crippen LogP contribution is 2.27. The largest absolute Gasteiger partial charge is 0.482 e. The minimum atomic E-state index is -0.665. The predicted octanol–water partition coefficient (Wildman–Crippen LogP) is 2.20. The first-order valence-electron chi connectivity index (χ1n) is 9.22. The molecule has 0 amide bonds. The van der Waals surface area contributed by atoms with Gasteiger partial charge in [-0.3, -0.25) is 4.79 Å². The molecule has 28 heavy (non-hydrogen) atoms. The monoisotopic (exact) mass is 386 g/mol. The number of nitrogens with zero attached hydrogens (tertiary/aromatic N) is 2. The molecule has 8 heteroatoms. The van der Waals surface area contributed by atoms with Crippen LogP contribution in [0.15, 0.2) is 30.3 Å². The molecule has 2 heterocycles. The van der Waals surface area contributed by atoms with Gasteiger partial charge in [-0.25, -0.2) is 14.3 Å². The van der Waals surface area contributed by atoms with Crippen molar-refractivity contribution in [3.05, 3.63) is 47.3 Å². The average molecular weight is 386 g/mol. The molecule has 8 nitrogen and oxygen atoms in total.